The standard InChI is InChI=1S/C16H26ClNO3/c1-16(2,7-8-20-3)12-18-10-14(19)11-21-15-6-4-5-13(17)9-15/h4-6,9,14,18-19H,7-8,10-12H2,1-3H3. The van der Waals surface area contributed by atoms with Gasteiger partial charge in [-0.3, -0.25) is 0 Å². The molecule has 0 saturated carbocycles. The maximum atomic E-state index is 9.91. The van der Waals surface area contributed by atoms with Crippen LogP contribution in [0.3, 0.4) is 0 Å². The number of hydrogen-bond acceptors (Lipinski definition) is 4. The van der Waals surface area contributed by atoms with Crippen molar-refractivity contribution in [1.29, 1.82) is 0 Å². The van der Waals surface area contributed by atoms with Gasteiger partial charge in [0.15, 0.2) is 0 Å². The summed E-state index contributed by atoms with van der Waals surface area (Å²) in [6.07, 6.45) is 0.424. The highest BCUT2D eigenvalue weighted by molar-refractivity contribution is 6.30. The van der Waals surface area contributed by atoms with Crippen LogP contribution in [0, 0.1) is 5.41 Å². The third-order valence-electron chi connectivity index (χ3n) is 3.20. The minimum atomic E-state index is -0.554. The molecule has 0 saturated heterocycles. The molecule has 0 bridgehead atoms. The summed E-state index contributed by atoms with van der Waals surface area (Å²) >= 11 is 5.87. The van der Waals surface area contributed by atoms with Crippen molar-refractivity contribution in [3.8, 4) is 5.75 Å². The molecule has 0 aliphatic heterocycles. The molecule has 0 fully saturated rings. The Hall–Kier alpha value is -0.810. The summed E-state index contributed by atoms with van der Waals surface area (Å²) in [6.45, 7) is 6.66. The first-order valence-corrected chi connectivity index (χ1v) is 7.57. The van der Waals surface area contributed by atoms with Gasteiger partial charge in [-0.15, -0.1) is 0 Å². The predicted molar refractivity (Wildman–Crippen MR) is 86.1 cm³/mol. The van der Waals surface area contributed by atoms with Crippen molar-refractivity contribution in [1.82, 2.24) is 5.32 Å². The zero-order valence-electron chi connectivity index (χ0n) is 13.1. The number of methoxy groups -OCH3 is 1. The lowest BCUT2D eigenvalue weighted by molar-refractivity contribution is 0.100. The minimum absolute atomic E-state index is 0.142. The Labute approximate surface area is 132 Å². The van der Waals surface area contributed by atoms with E-state index in [9.17, 15) is 5.11 Å². The number of halogens is 1. The van der Waals surface area contributed by atoms with Crippen LogP contribution in [-0.4, -0.2) is 44.6 Å². The second-order valence-electron chi connectivity index (χ2n) is 5.96. The normalized spacial score (nSPS) is 13.2. The van der Waals surface area contributed by atoms with Crippen molar-refractivity contribution >= 4 is 11.6 Å². The van der Waals surface area contributed by atoms with Gasteiger partial charge >= 0.3 is 0 Å². The smallest absolute Gasteiger partial charge is 0.120 e. The molecular weight excluding hydrogens is 290 g/mol. The van der Waals surface area contributed by atoms with E-state index in [0.29, 0.717) is 17.3 Å². The zero-order chi connectivity index (χ0) is 15.7. The van der Waals surface area contributed by atoms with E-state index in [1.807, 2.05) is 12.1 Å². The molecule has 4 nitrogen and oxygen atoms in total. The molecule has 0 aliphatic carbocycles. The van der Waals surface area contributed by atoms with Gasteiger partial charge in [0, 0.05) is 31.8 Å². The Balaban J connectivity index is 2.20. The molecule has 5 heteroatoms. The van der Waals surface area contributed by atoms with Gasteiger partial charge in [0.05, 0.1) is 0 Å². The molecule has 1 aromatic rings. The summed E-state index contributed by atoms with van der Waals surface area (Å²) < 4.78 is 10.6. The third-order valence-corrected chi connectivity index (χ3v) is 3.44. The van der Waals surface area contributed by atoms with Gasteiger partial charge in [-0.1, -0.05) is 31.5 Å². The van der Waals surface area contributed by atoms with E-state index < -0.39 is 6.10 Å². The van der Waals surface area contributed by atoms with Crippen molar-refractivity contribution in [2.75, 3.05) is 33.4 Å². The van der Waals surface area contributed by atoms with E-state index in [4.69, 9.17) is 21.1 Å². The molecule has 0 amide bonds. The zero-order valence-corrected chi connectivity index (χ0v) is 13.8. The lowest BCUT2D eigenvalue weighted by atomic mass is 9.90. The van der Waals surface area contributed by atoms with Crippen molar-refractivity contribution in [2.45, 2.75) is 26.4 Å². The van der Waals surface area contributed by atoms with E-state index in [1.165, 1.54) is 0 Å². The van der Waals surface area contributed by atoms with E-state index in [2.05, 4.69) is 19.2 Å². The largest absolute Gasteiger partial charge is 0.491 e. The number of benzene rings is 1. The van der Waals surface area contributed by atoms with E-state index in [-0.39, 0.29) is 12.0 Å². The lowest BCUT2D eigenvalue weighted by Gasteiger charge is -2.25. The second kappa shape index (κ2) is 9.26. The maximum absolute atomic E-state index is 9.91. The van der Waals surface area contributed by atoms with Crippen LogP contribution in [0.5, 0.6) is 5.75 Å². The molecule has 0 spiro atoms. The summed E-state index contributed by atoms with van der Waals surface area (Å²) in [6, 6.07) is 7.16. The van der Waals surface area contributed by atoms with Crippen LogP contribution >= 0.6 is 11.6 Å². The summed E-state index contributed by atoms with van der Waals surface area (Å²) in [7, 11) is 1.71. The first-order chi connectivity index (χ1) is 9.93. The molecule has 120 valence electrons. The van der Waals surface area contributed by atoms with Gasteiger partial charge < -0.3 is 19.9 Å². The number of aliphatic hydroxyl groups is 1. The van der Waals surface area contributed by atoms with E-state index in [0.717, 1.165) is 19.6 Å². The number of ether oxygens (including phenoxy) is 2. The van der Waals surface area contributed by atoms with E-state index in [1.54, 1.807) is 19.2 Å². The Bertz CT molecular complexity index is 412. The summed E-state index contributed by atoms with van der Waals surface area (Å²) in [5.41, 5.74) is 0.142. The average Bonchev–Trinajstić information content (AvgIpc) is 2.43. The van der Waals surface area contributed by atoms with Crippen LogP contribution in [0.25, 0.3) is 0 Å². The fraction of sp³-hybridized carbons (Fsp3) is 0.625. The minimum Gasteiger partial charge on any atom is -0.491 e. The summed E-state index contributed by atoms with van der Waals surface area (Å²) in [4.78, 5) is 0. The first-order valence-electron chi connectivity index (χ1n) is 7.19. The topological polar surface area (TPSA) is 50.7 Å². The molecule has 0 radical (unpaired) electrons. The van der Waals surface area contributed by atoms with Gasteiger partial charge in [0.1, 0.15) is 18.5 Å². The average molecular weight is 316 g/mol. The Morgan fingerprint density at radius 3 is 2.81 bits per heavy atom. The maximum Gasteiger partial charge on any atom is 0.120 e. The Morgan fingerprint density at radius 2 is 2.14 bits per heavy atom. The Morgan fingerprint density at radius 1 is 1.38 bits per heavy atom. The van der Waals surface area contributed by atoms with Gasteiger partial charge in [0.25, 0.3) is 0 Å². The highest BCUT2D eigenvalue weighted by Crippen LogP contribution is 2.19. The SMILES string of the molecule is COCCC(C)(C)CNCC(O)COc1cccc(Cl)c1. The van der Waals surface area contributed by atoms with Crippen LogP contribution in [0.4, 0.5) is 0 Å². The third kappa shape index (κ3) is 8.27. The molecule has 0 aromatic heterocycles. The monoisotopic (exact) mass is 315 g/mol. The van der Waals surface area contributed by atoms with Crippen molar-refractivity contribution in [2.24, 2.45) is 5.41 Å². The first kappa shape index (κ1) is 18.2. The molecule has 1 unspecified atom stereocenters. The molecule has 1 aromatic carbocycles. The van der Waals surface area contributed by atoms with Crippen LogP contribution in [-0.2, 0) is 4.74 Å². The molecule has 1 rings (SSSR count). The van der Waals surface area contributed by atoms with E-state index >= 15 is 0 Å². The second-order valence-corrected chi connectivity index (χ2v) is 6.40. The van der Waals surface area contributed by atoms with Crippen molar-refractivity contribution in [3.05, 3.63) is 29.3 Å². The number of aliphatic hydroxyl groups excluding tert-OH is 1. The number of nitrogens with one attached hydrogen (secondary N) is 1. The molecule has 21 heavy (non-hydrogen) atoms. The predicted octanol–water partition coefficient (Wildman–Crippen LogP) is 2.73. The molecule has 1 atom stereocenters. The summed E-state index contributed by atoms with van der Waals surface area (Å²) in [5.74, 6) is 0.668. The molecule has 0 aliphatic rings. The van der Waals surface area contributed by atoms with Gasteiger partial charge in [0.2, 0.25) is 0 Å². The van der Waals surface area contributed by atoms with Crippen LogP contribution in [0.1, 0.15) is 20.3 Å². The van der Waals surface area contributed by atoms with Gasteiger partial charge in [-0.2, -0.15) is 0 Å². The van der Waals surface area contributed by atoms with Crippen molar-refractivity contribution < 1.29 is 14.6 Å². The molecule has 2 N–H and O–H groups in total. The van der Waals surface area contributed by atoms with Gasteiger partial charge in [-0.05, 0) is 30.0 Å². The van der Waals surface area contributed by atoms with Crippen LogP contribution < -0.4 is 10.1 Å². The molecule has 0 heterocycles. The highest BCUT2D eigenvalue weighted by atomic mass is 35.5. The quantitative estimate of drug-likeness (QED) is 0.697. The van der Waals surface area contributed by atoms with Gasteiger partial charge in [-0.25, -0.2) is 0 Å². The molecular formula is C16H26ClNO3. The van der Waals surface area contributed by atoms with Crippen LogP contribution in [0.2, 0.25) is 5.02 Å². The number of rotatable bonds is 10. The highest BCUT2D eigenvalue weighted by Gasteiger charge is 2.17. The fourth-order valence-electron chi connectivity index (χ4n) is 1.85. The van der Waals surface area contributed by atoms with Crippen LogP contribution in [0.15, 0.2) is 24.3 Å². The summed E-state index contributed by atoms with van der Waals surface area (Å²) in [5, 5.41) is 13.8. The Kier molecular flexibility index (Phi) is 8.04. The van der Waals surface area contributed by atoms with Crippen molar-refractivity contribution in [3.63, 3.8) is 0 Å². The fourth-order valence-corrected chi connectivity index (χ4v) is 2.03. The lowest BCUT2D eigenvalue weighted by Crippen LogP contribution is -2.37. The number of hydrogen-bond donors (Lipinski definition) is 2.